The smallest absolute Gasteiger partial charge is 0.323 e. The van der Waals surface area contributed by atoms with Gasteiger partial charge in [-0.05, 0) is 40.2 Å². The van der Waals surface area contributed by atoms with Crippen LogP contribution in [0.2, 0.25) is 0 Å². The van der Waals surface area contributed by atoms with Crippen LogP contribution in [0.3, 0.4) is 0 Å². The summed E-state index contributed by atoms with van der Waals surface area (Å²) in [4.78, 5) is 27.1. The fourth-order valence-corrected chi connectivity index (χ4v) is 2.72. The van der Waals surface area contributed by atoms with E-state index in [1.807, 2.05) is 13.8 Å². The second-order valence-corrected chi connectivity index (χ2v) is 7.51. The highest BCUT2D eigenvalue weighted by atomic mass is 31.1. The first-order valence-electron chi connectivity index (χ1n) is 9.06. The quantitative estimate of drug-likeness (QED) is 0.107. The molecule has 0 spiro atoms. The fraction of sp³-hybridized carbons (Fsp3) is 0.706. The van der Waals surface area contributed by atoms with Crippen LogP contribution in [0, 0.1) is 0 Å². The lowest BCUT2D eigenvalue weighted by atomic mass is 10.3. The molecule has 0 fully saturated rings. The highest BCUT2D eigenvalue weighted by Gasteiger charge is 2.19. The normalized spacial score (nSPS) is 16.6. The van der Waals surface area contributed by atoms with Crippen LogP contribution in [0.5, 0.6) is 0 Å². The topological polar surface area (TPSA) is 133 Å². The summed E-state index contributed by atoms with van der Waals surface area (Å²) >= 11 is 0. The van der Waals surface area contributed by atoms with Gasteiger partial charge >= 0.3 is 5.97 Å². The Morgan fingerprint density at radius 2 is 1.96 bits per heavy atom. The number of carbonyl (C=O) groups excluding carboxylic acids is 2. The zero-order valence-corrected chi connectivity index (χ0v) is 18.4. The molecule has 11 heteroatoms. The minimum atomic E-state index is -2.63. The van der Waals surface area contributed by atoms with E-state index in [9.17, 15) is 14.2 Å². The number of rotatable bonds is 14. The molecule has 0 aliphatic rings. The highest BCUT2D eigenvalue weighted by molar-refractivity contribution is 7.36. The molecule has 0 aromatic heterocycles. The minimum absolute atomic E-state index is 0.0826. The van der Waals surface area contributed by atoms with Gasteiger partial charge in [0.1, 0.15) is 18.1 Å². The van der Waals surface area contributed by atoms with E-state index < -0.39 is 20.2 Å². The van der Waals surface area contributed by atoms with Crippen LogP contribution in [0.25, 0.3) is 0 Å². The molecule has 4 unspecified atom stereocenters. The summed E-state index contributed by atoms with van der Waals surface area (Å²) in [7, 11) is -0.857. The molecule has 1 amide bonds. The predicted molar refractivity (Wildman–Crippen MR) is 108 cm³/mol. The molecular formula is C17H33N4O6P. The zero-order chi connectivity index (χ0) is 21.7. The van der Waals surface area contributed by atoms with Crippen LogP contribution < -0.4 is 10.8 Å². The molecule has 4 atom stereocenters. The van der Waals surface area contributed by atoms with Crippen molar-refractivity contribution in [3.63, 3.8) is 0 Å². The van der Waals surface area contributed by atoms with Crippen molar-refractivity contribution < 1.29 is 28.2 Å². The van der Waals surface area contributed by atoms with Crippen molar-refractivity contribution in [1.82, 2.24) is 9.99 Å². The Labute approximate surface area is 167 Å². The van der Waals surface area contributed by atoms with Crippen molar-refractivity contribution >= 4 is 26.4 Å². The molecule has 0 bridgehead atoms. The molecule has 0 aromatic carbocycles. The number of carbonyl (C=O) groups is 2. The third kappa shape index (κ3) is 11.9. The molecule has 0 rings (SSSR count). The van der Waals surface area contributed by atoms with Crippen LogP contribution in [0.4, 0.5) is 0 Å². The third-order valence-corrected chi connectivity index (χ3v) is 4.64. The first-order valence-corrected chi connectivity index (χ1v) is 10.4. The van der Waals surface area contributed by atoms with Gasteiger partial charge in [-0.15, -0.1) is 0 Å². The molecule has 0 aromatic rings. The largest absolute Gasteiger partial charge is 0.462 e. The molecule has 28 heavy (non-hydrogen) atoms. The number of amides is 1. The number of hydrogen-bond acceptors (Lipinski definition) is 7. The van der Waals surface area contributed by atoms with E-state index >= 15 is 0 Å². The van der Waals surface area contributed by atoms with Crippen molar-refractivity contribution in [2.75, 3.05) is 13.7 Å². The lowest BCUT2D eigenvalue weighted by Gasteiger charge is -2.27. The number of nitrogens with one attached hydrogen (secondary N) is 1. The Hall–Kier alpha value is -1.74. The molecule has 0 aliphatic heterocycles. The minimum Gasteiger partial charge on any atom is -0.462 e. The molecule has 0 saturated carbocycles. The third-order valence-electron chi connectivity index (χ3n) is 3.54. The summed E-state index contributed by atoms with van der Waals surface area (Å²) in [6.07, 6.45) is 3.23. The maximum absolute atomic E-state index is 12.0. The van der Waals surface area contributed by atoms with Crippen molar-refractivity contribution in [3.05, 3.63) is 12.3 Å². The van der Waals surface area contributed by atoms with E-state index in [-0.39, 0.29) is 30.9 Å². The predicted octanol–water partition coefficient (Wildman–Crippen LogP) is 1.42. The van der Waals surface area contributed by atoms with E-state index in [0.717, 1.165) is 0 Å². The summed E-state index contributed by atoms with van der Waals surface area (Å²) in [5.74, 6) is -0.404. The summed E-state index contributed by atoms with van der Waals surface area (Å²) in [5, 5.41) is 2.60. The second-order valence-electron chi connectivity index (χ2n) is 6.36. The van der Waals surface area contributed by atoms with Gasteiger partial charge in [0.2, 0.25) is 6.41 Å². The highest BCUT2D eigenvalue weighted by Crippen LogP contribution is 2.20. The maximum Gasteiger partial charge on any atom is 0.323 e. The van der Waals surface area contributed by atoms with Crippen molar-refractivity contribution in [3.8, 4) is 0 Å². The van der Waals surface area contributed by atoms with Gasteiger partial charge in [0.15, 0.2) is 0 Å². The van der Waals surface area contributed by atoms with E-state index in [0.29, 0.717) is 12.8 Å². The monoisotopic (exact) mass is 420 g/mol. The summed E-state index contributed by atoms with van der Waals surface area (Å²) < 4.78 is 28.3. The average molecular weight is 420 g/mol. The van der Waals surface area contributed by atoms with Gasteiger partial charge in [-0.2, -0.15) is 4.99 Å². The number of amidine groups is 1. The van der Waals surface area contributed by atoms with Crippen LogP contribution in [-0.4, -0.2) is 61.2 Å². The summed E-state index contributed by atoms with van der Waals surface area (Å²) in [6, 6.07) is -0.733. The lowest BCUT2D eigenvalue weighted by Crippen LogP contribution is -2.34. The number of esters is 1. The second kappa shape index (κ2) is 14.3. The Balaban J connectivity index is 4.46. The maximum atomic E-state index is 12.0. The fourth-order valence-electron chi connectivity index (χ4n) is 1.83. The average Bonchev–Trinajstić information content (AvgIpc) is 2.62. The molecule has 162 valence electrons. The number of aliphatic imine (C=N–C) groups is 1. The van der Waals surface area contributed by atoms with Crippen LogP contribution >= 0.6 is 8.18 Å². The van der Waals surface area contributed by atoms with E-state index in [4.69, 9.17) is 19.7 Å². The summed E-state index contributed by atoms with van der Waals surface area (Å²) in [5.41, 5.74) is 5.50. The van der Waals surface area contributed by atoms with Crippen molar-refractivity contribution in [1.29, 1.82) is 0 Å². The molecule has 0 heterocycles. The van der Waals surface area contributed by atoms with E-state index in [2.05, 4.69) is 10.1 Å². The molecule has 3 N–H and O–H groups in total. The molecule has 0 saturated heterocycles. The van der Waals surface area contributed by atoms with Crippen LogP contribution in [-0.2, 0) is 28.2 Å². The Morgan fingerprint density at radius 3 is 2.50 bits per heavy atom. The summed E-state index contributed by atoms with van der Waals surface area (Å²) in [6.45, 7) is 8.88. The standard InChI is InChI=1S/C17H33N4O6P/c1-7-15(27-14(5)21(6)9-8-16(18)19-11-22)10-25-28(24)20-13(4)17(23)26-12(2)3/h8-9,11-15,28H,7,10H2,1-6H3,(H,20,24)(H2,18,19,22)/b9-8-. The van der Waals surface area contributed by atoms with E-state index in [1.165, 1.54) is 6.08 Å². The van der Waals surface area contributed by atoms with Gasteiger partial charge in [0.25, 0.3) is 8.18 Å². The first kappa shape index (κ1) is 26.3. The van der Waals surface area contributed by atoms with E-state index in [1.54, 1.807) is 38.9 Å². The molecule has 0 aliphatic carbocycles. The zero-order valence-electron chi connectivity index (χ0n) is 17.4. The number of ether oxygens (including phenoxy) is 2. The molecule has 0 radical (unpaired) electrons. The number of nitrogens with two attached hydrogens (primary N) is 1. The van der Waals surface area contributed by atoms with Crippen molar-refractivity contribution in [2.45, 2.75) is 65.5 Å². The van der Waals surface area contributed by atoms with Gasteiger partial charge in [-0.3, -0.25) is 14.2 Å². The van der Waals surface area contributed by atoms with Crippen LogP contribution in [0.1, 0.15) is 41.0 Å². The number of nitrogens with zero attached hydrogens (tertiary/aromatic N) is 2. The Bertz CT molecular complexity index is 570. The Kier molecular flexibility index (Phi) is 13.4. The Morgan fingerprint density at radius 1 is 1.32 bits per heavy atom. The van der Waals surface area contributed by atoms with Gasteiger partial charge in [0.05, 0.1) is 18.8 Å². The SMILES string of the molecule is CCC(CO[PH](=O)NC(C)C(=O)OC(C)C)OC(C)N(C)/C=C\C(N)=N/C=O. The molecule has 10 nitrogen and oxygen atoms in total. The van der Waals surface area contributed by atoms with Gasteiger partial charge < -0.3 is 24.6 Å². The van der Waals surface area contributed by atoms with Crippen LogP contribution in [0.15, 0.2) is 17.3 Å². The van der Waals surface area contributed by atoms with Gasteiger partial charge in [0, 0.05) is 13.2 Å². The van der Waals surface area contributed by atoms with Gasteiger partial charge in [-0.25, -0.2) is 5.09 Å². The van der Waals surface area contributed by atoms with Crippen molar-refractivity contribution in [2.24, 2.45) is 10.7 Å². The number of hydrogen-bond donors (Lipinski definition) is 2. The van der Waals surface area contributed by atoms with Gasteiger partial charge in [-0.1, -0.05) is 6.92 Å². The first-order chi connectivity index (χ1) is 13.1. The lowest BCUT2D eigenvalue weighted by molar-refractivity contribution is -0.149. The molecular weight excluding hydrogens is 387 g/mol.